The molecule has 0 saturated carbocycles. The van der Waals surface area contributed by atoms with Gasteiger partial charge in [-0.3, -0.25) is 9.63 Å². The fourth-order valence-electron chi connectivity index (χ4n) is 1.58. The van der Waals surface area contributed by atoms with Gasteiger partial charge in [-0.2, -0.15) is 5.06 Å². The van der Waals surface area contributed by atoms with Gasteiger partial charge >= 0.3 is 0 Å². The van der Waals surface area contributed by atoms with Gasteiger partial charge in [-0.05, 0) is 26.0 Å². The quantitative estimate of drug-likeness (QED) is 0.764. The topological polar surface area (TPSA) is 49.8 Å². The molecule has 2 rings (SSSR count). The summed E-state index contributed by atoms with van der Waals surface area (Å²) in [6.07, 6.45) is 0.350. The molecular formula is C11H13NO3. The zero-order valence-electron chi connectivity index (χ0n) is 8.73. The number of hydrogen-bond donors (Lipinski definition) is 1. The maximum Gasteiger partial charge on any atom is 0.253 e. The lowest BCUT2D eigenvalue weighted by Gasteiger charge is -2.19. The van der Waals surface area contributed by atoms with Crippen molar-refractivity contribution in [3.63, 3.8) is 0 Å². The number of hydrogen-bond acceptors (Lipinski definition) is 3. The van der Waals surface area contributed by atoms with Crippen molar-refractivity contribution in [2.75, 3.05) is 5.06 Å². The number of anilines is 1. The lowest BCUT2D eigenvalue weighted by Crippen LogP contribution is -2.25. The fraction of sp³-hybridized carbons (Fsp3) is 0.364. The number of phenols is 1. The maximum absolute atomic E-state index is 11.6. The van der Waals surface area contributed by atoms with E-state index >= 15 is 0 Å². The van der Waals surface area contributed by atoms with E-state index in [1.54, 1.807) is 18.2 Å². The van der Waals surface area contributed by atoms with Crippen LogP contribution in [0.4, 0.5) is 5.69 Å². The minimum atomic E-state index is -0.470. The third-order valence-electron chi connectivity index (χ3n) is 2.21. The third-order valence-corrected chi connectivity index (χ3v) is 2.21. The molecule has 0 aromatic heterocycles. The van der Waals surface area contributed by atoms with Crippen molar-refractivity contribution in [3.05, 3.63) is 24.3 Å². The van der Waals surface area contributed by atoms with Gasteiger partial charge in [-0.1, -0.05) is 6.07 Å². The smallest absolute Gasteiger partial charge is 0.253 e. The molecule has 0 unspecified atom stereocenters. The molecule has 0 atom stereocenters. The lowest BCUT2D eigenvalue weighted by atomic mass is 10.1. The summed E-state index contributed by atoms with van der Waals surface area (Å²) < 4.78 is 0. The summed E-state index contributed by atoms with van der Waals surface area (Å²) in [5.74, 6) is 0.0270. The van der Waals surface area contributed by atoms with Crippen LogP contribution in [0.3, 0.4) is 0 Å². The Morgan fingerprint density at radius 3 is 2.73 bits per heavy atom. The Morgan fingerprint density at radius 2 is 2.20 bits per heavy atom. The molecule has 4 heteroatoms. The van der Waals surface area contributed by atoms with E-state index in [0.29, 0.717) is 12.1 Å². The molecule has 1 saturated heterocycles. The molecule has 1 N–H and O–H groups in total. The Hall–Kier alpha value is -1.55. The standard InChI is InChI=1S/C11H13NO3/c1-11(2)7-10(14)12(15-11)8-4-3-5-9(13)6-8/h3-6,13H,7H2,1-2H3. The van der Waals surface area contributed by atoms with Crippen LogP contribution >= 0.6 is 0 Å². The molecule has 1 fully saturated rings. The number of carbonyl (C=O) groups is 1. The number of benzene rings is 1. The average molecular weight is 207 g/mol. The predicted molar refractivity (Wildman–Crippen MR) is 55.4 cm³/mol. The summed E-state index contributed by atoms with van der Waals surface area (Å²) >= 11 is 0. The van der Waals surface area contributed by atoms with Crippen LogP contribution in [-0.4, -0.2) is 16.6 Å². The van der Waals surface area contributed by atoms with Crippen LogP contribution in [0.1, 0.15) is 20.3 Å². The molecule has 0 spiro atoms. The first-order chi connectivity index (χ1) is 6.98. The Bertz CT molecular complexity index is 401. The molecule has 1 heterocycles. The first kappa shape index (κ1) is 9.98. The molecule has 1 aromatic carbocycles. The van der Waals surface area contributed by atoms with Crippen LogP contribution in [0.5, 0.6) is 5.75 Å². The fourth-order valence-corrected chi connectivity index (χ4v) is 1.58. The van der Waals surface area contributed by atoms with E-state index in [1.807, 2.05) is 13.8 Å². The van der Waals surface area contributed by atoms with Gasteiger partial charge in [0.25, 0.3) is 5.91 Å². The van der Waals surface area contributed by atoms with Crippen molar-refractivity contribution in [3.8, 4) is 5.75 Å². The average Bonchev–Trinajstić information content (AvgIpc) is 2.40. The van der Waals surface area contributed by atoms with Crippen molar-refractivity contribution in [2.24, 2.45) is 0 Å². The van der Waals surface area contributed by atoms with Gasteiger partial charge in [0.1, 0.15) is 11.4 Å². The maximum atomic E-state index is 11.6. The highest BCUT2D eigenvalue weighted by Crippen LogP contribution is 2.31. The monoisotopic (exact) mass is 207 g/mol. The number of carbonyl (C=O) groups excluding carboxylic acids is 1. The molecular weight excluding hydrogens is 194 g/mol. The van der Waals surface area contributed by atoms with E-state index in [1.165, 1.54) is 11.1 Å². The van der Waals surface area contributed by atoms with Gasteiger partial charge in [-0.15, -0.1) is 0 Å². The zero-order valence-corrected chi connectivity index (χ0v) is 8.73. The van der Waals surface area contributed by atoms with Gasteiger partial charge in [0.05, 0.1) is 12.1 Å². The second kappa shape index (κ2) is 3.24. The Morgan fingerprint density at radius 1 is 1.47 bits per heavy atom. The van der Waals surface area contributed by atoms with Crippen LogP contribution in [0.15, 0.2) is 24.3 Å². The van der Waals surface area contributed by atoms with Gasteiger partial charge in [0, 0.05) is 6.07 Å². The van der Waals surface area contributed by atoms with E-state index in [0.717, 1.165) is 0 Å². The molecule has 0 radical (unpaired) electrons. The highest BCUT2D eigenvalue weighted by Gasteiger charge is 2.38. The summed E-state index contributed by atoms with van der Waals surface area (Å²) in [7, 11) is 0. The molecule has 15 heavy (non-hydrogen) atoms. The van der Waals surface area contributed by atoms with Crippen LogP contribution in [0.2, 0.25) is 0 Å². The van der Waals surface area contributed by atoms with E-state index < -0.39 is 5.60 Å². The molecule has 4 nitrogen and oxygen atoms in total. The number of amides is 1. The minimum Gasteiger partial charge on any atom is -0.508 e. The van der Waals surface area contributed by atoms with Crippen LogP contribution < -0.4 is 5.06 Å². The first-order valence-electron chi connectivity index (χ1n) is 4.79. The number of phenolic OH excluding ortho intramolecular Hbond substituents is 1. The Balaban J connectivity index is 2.29. The van der Waals surface area contributed by atoms with Crippen molar-refractivity contribution in [2.45, 2.75) is 25.9 Å². The SMILES string of the molecule is CC1(C)CC(=O)N(c2cccc(O)c2)O1. The van der Waals surface area contributed by atoms with Crippen molar-refractivity contribution >= 4 is 11.6 Å². The third kappa shape index (κ3) is 1.94. The van der Waals surface area contributed by atoms with E-state index in [4.69, 9.17) is 4.84 Å². The summed E-state index contributed by atoms with van der Waals surface area (Å²) in [4.78, 5) is 17.1. The van der Waals surface area contributed by atoms with Gasteiger partial charge < -0.3 is 5.11 Å². The van der Waals surface area contributed by atoms with Crippen LogP contribution in [0, 0.1) is 0 Å². The largest absolute Gasteiger partial charge is 0.508 e. The molecule has 1 aliphatic heterocycles. The van der Waals surface area contributed by atoms with Crippen molar-refractivity contribution in [1.29, 1.82) is 0 Å². The van der Waals surface area contributed by atoms with Crippen molar-refractivity contribution in [1.82, 2.24) is 0 Å². The Kier molecular flexibility index (Phi) is 2.16. The number of rotatable bonds is 1. The predicted octanol–water partition coefficient (Wildman–Crippen LogP) is 1.84. The number of hydroxylamine groups is 1. The Labute approximate surface area is 88.0 Å². The van der Waals surface area contributed by atoms with Crippen LogP contribution in [-0.2, 0) is 9.63 Å². The molecule has 1 aliphatic rings. The van der Waals surface area contributed by atoms with E-state index in [2.05, 4.69) is 0 Å². The minimum absolute atomic E-state index is 0.0920. The van der Waals surface area contributed by atoms with Crippen molar-refractivity contribution < 1.29 is 14.7 Å². The second-order valence-corrected chi connectivity index (χ2v) is 4.24. The summed E-state index contributed by atoms with van der Waals surface area (Å²) in [5.41, 5.74) is 0.0910. The van der Waals surface area contributed by atoms with Gasteiger partial charge in [-0.25, -0.2) is 0 Å². The van der Waals surface area contributed by atoms with Crippen LogP contribution in [0.25, 0.3) is 0 Å². The number of aromatic hydroxyl groups is 1. The van der Waals surface area contributed by atoms with E-state index in [-0.39, 0.29) is 11.7 Å². The van der Waals surface area contributed by atoms with Gasteiger partial charge in [0.15, 0.2) is 0 Å². The summed E-state index contributed by atoms with van der Waals surface area (Å²) in [6, 6.07) is 6.44. The zero-order chi connectivity index (χ0) is 11.1. The highest BCUT2D eigenvalue weighted by atomic mass is 16.7. The second-order valence-electron chi connectivity index (χ2n) is 4.24. The highest BCUT2D eigenvalue weighted by molar-refractivity contribution is 5.93. The molecule has 0 aliphatic carbocycles. The summed E-state index contributed by atoms with van der Waals surface area (Å²) in [5, 5.41) is 10.5. The normalized spacial score (nSPS) is 19.6. The van der Waals surface area contributed by atoms with E-state index in [9.17, 15) is 9.90 Å². The summed E-state index contributed by atoms with van der Waals surface area (Å²) in [6.45, 7) is 3.71. The van der Waals surface area contributed by atoms with Gasteiger partial charge in [0.2, 0.25) is 0 Å². The molecule has 1 amide bonds. The molecule has 1 aromatic rings. The molecule has 80 valence electrons. The first-order valence-corrected chi connectivity index (χ1v) is 4.79. The number of nitrogens with zero attached hydrogens (tertiary/aromatic N) is 1. The lowest BCUT2D eigenvalue weighted by molar-refractivity contribution is -0.119. The molecule has 0 bridgehead atoms.